The van der Waals surface area contributed by atoms with Crippen molar-refractivity contribution in [2.75, 3.05) is 5.32 Å². The number of hydrogen-bond donors (Lipinski definition) is 1. The molecule has 6 nitrogen and oxygen atoms in total. The van der Waals surface area contributed by atoms with Gasteiger partial charge in [0.15, 0.2) is 0 Å². The van der Waals surface area contributed by atoms with Crippen LogP contribution in [0.3, 0.4) is 0 Å². The molecule has 0 fully saturated rings. The molecule has 0 saturated carbocycles. The molecule has 0 aliphatic heterocycles. The van der Waals surface area contributed by atoms with Gasteiger partial charge in [-0.2, -0.15) is 13.2 Å². The lowest BCUT2D eigenvalue weighted by Crippen LogP contribution is -2.22. The number of hydrogen-bond acceptors (Lipinski definition) is 4. The van der Waals surface area contributed by atoms with Crippen molar-refractivity contribution in [3.8, 4) is 5.95 Å². The second-order valence-electron chi connectivity index (χ2n) is 4.86. The van der Waals surface area contributed by atoms with Gasteiger partial charge in [0.2, 0.25) is 5.95 Å². The lowest BCUT2D eigenvalue weighted by Gasteiger charge is -2.13. The topological polar surface area (TPSA) is 72.7 Å². The van der Waals surface area contributed by atoms with Crippen LogP contribution in [0.4, 0.5) is 23.2 Å². The molecule has 2 aromatic heterocycles. The Morgan fingerprint density at radius 3 is 2.68 bits per heavy atom. The minimum Gasteiger partial charge on any atom is -0.321 e. The number of halogens is 4. The van der Waals surface area contributed by atoms with Crippen LogP contribution in [0.1, 0.15) is 16.1 Å². The summed E-state index contributed by atoms with van der Waals surface area (Å²) in [4.78, 5) is 23.3. The number of carbonyl (C=O) groups excluding carboxylic acids is 1. The van der Waals surface area contributed by atoms with E-state index in [-0.39, 0.29) is 11.6 Å². The quantitative estimate of drug-likeness (QED) is 0.736. The Kier molecular flexibility index (Phi) is 4.17. The molecule has 2 heterocycles. The predicted molar refractivity (Wildman–Crippen MR) is 78.5 cm³/mol. The molecule has 0 radical (unpaired) electrons. The summed E-state index contributed by atoms with van der Waals surface area (Å²) in [5.74, 6) is -1.94. The summed E-state index contributed by atoms with van der Waals surface area (Å²) in [7, 11) is 0. The average molecular weight is 351 g/mol. The Morgan fingerprint density at radius 1 is 1.24 bits per heavy atom. The van der Waals surface area contributed by atoms with Gasteiger partial charge in [-0.3, -0.25) is 9.36 Å². The van der Waals surface area contributed by atoms with E-state index in [1.54, 1.807) is 0 Å². The Morgan fingerprint density at radius 2 is 2.04 bits per heavy atom. The highest BCUT2D eigenvalue weighted by atomic mass is 19.4. The van der Waals surface area contributed by atoms with Crippen LogP contribution in [0.15, 0.2) is 49.2 Å². The molecular weight excluding hydrogens is 342 g/mol. The summed E-state index contributed by atoms with van der Waals surface area (Å²) in [5.41, 5.74) is -2.18. The number of alkyl halides is 3. The number of aromatic nitrogens is 4. The molecule has 1 N–H and O–H groups in total. The van der Waals surface area contributed by atoms with Gasteiger partial charge in [0, 0.05) is 24.3 Å². The number of imidazole rings is 1. The number of nitrogens with zero attached hydrogens (tertiary/aromatic N) is 4. The molecule has 3 rings (SSSR count). The summed E-state index contributed by atoms with van der Waals surface area (Å²) in [6, 6.07) is 4.76. The van der Waals surface area contributed by atoms with E-state index in [2.05, 4.69) is 20.3 Å². The summed E-state index contributed by atoms with van der Waals surface area (Å²) in [5, 5.41) is 2.19. The van der Waals surface area contributed by atoms with Crippen molar-refractivity contribution in [2.24, 2.45) is 0 Å². The van der Waals surface area contributed by atoms with Gasteiger partial charge in [0.05, 0.1) is 0 Å². The molecule has 1 amide bonds. The van der Waals surface area contributed by atoms with Crippen LogP contribution < -0.4 is 5.32 Å². The molecule has 0 spiro atoms. The van der Waals surface area contributed by atoms with E-state index in [0.29, 0.717) is 6.20 Å². The van der Waals surface area contributed by atoms with Crippen molar-refractivity contribution in [1.29, 1.82) is 0 Å². The Bertz CT molecular complexity index is 909. The van der Waals surface area contributed by atoms with Crippen molar-refractivity contribution in [3.05, 3.63) is 66.3 Å². The van der Waals surface area contributed by atoms with Crippen LogP contribution >= 0.6 is 0 Å². The Balaban J connectivity index is 2.02. The van der Waals surface area contributed by atoms with Crippen LogP contribution in [0.2, 0.25) is 0 Å². The molecule has 0 atom stereocenters. The highest BCUT2D eigenvalue weighted by Gasteiger charge is 2.37. The summed E-state index contributed by atoms with van der Waals surface area (Å²) >= 11 is 0. The first kappa shape index (κ1) is 16.6. The van der Waals surface area contributed by atoms with Gasteiger partial charge in [0.25, 0.3) is 5.91 Å². The van der Waals surface area contributed by atoms with Crippen LogP contribution in [0, 0.1) is 5.82 Å². The molecule has 0 saturated heterocycles. The molecular formula is C15H9F4N5O. The van der Waals surface area contributed by atoms with Gasteiger partial charge in [-0.15, -0.1) is 0 Å². The SMILES string of the molecule is O=C(Nc1cccc(F)c1)c1nc(-n2ccnc2)ncc1C(F)(F)F. The van der Waals surface area contributed by atoms with Crippen LogP contribution in [0.25, 0.3) is 5.95 Å². The molecule has 10 heteroatoms. The fourth-order valence-corrected chi connectivity index (χ4v) is 2.01. The van der Waals surface area contributed by atoms with E-state index in [1.807, 2.05) is 0 Å². The number of benzene rings is 1. The van der Waals surface area contributed by atoms with Crippen molar-refractivity contribution in [3.63, 3.8) is 0 Å². The normalized spacial score (nSPS) is 11.4. The highest BCUT2D eigenvalue weighted by Crippen LogP contribution is 2.31. The van der Waals surface area contributed by atoms with Crippen LogP contribution in [-0.2, 0) is 6.18 Å². The number of anilines is 1. The third-order valence-electron chi connectivity index (χ3n) is 3.11. The first-order chi connectivity index (χ1) is 11.8. The van der Waals surface area contributed by atoms with E-state index in [1.165, 1.54) is 35.4 Å². The van der Waals surface area contributed by atoms with E-state index >= 15 is 0 Å². The van der Waals surface area contributed by atoms with Gasteiger partial charge in [-0.25, -0.2) is 19.3 Å². The number of rotatable bonds is 3. The monoisotopic (exact) mass is 351 g/mol. The molecule has 3 aromatic rings. The third kappa shape index (κ3) is 3.62. The smallest absolute Gasteiger partial charge is 0.321 e. The fraction of sp³-hybridized carbons (Fsp3) is 0.0667. The van der Waals surface area contributed by atoms with Crippen molar-refractivity contribution in [2.45, 2.75) is 6.18 Å². The summed E-state index contributed by atoms with van der Waals surface area (Å²) in [6.07, 6.45) is -0.244. The highest BCUT2D eigenvalue weighted by molar-refractivity contribution is 6.04. The van der Waals surface area contributed by atoms with Crippen LogP contribution in [0.5, 0.6) is 0 Å². The zero-order valence-electron chi connectivity index (χ0n) is 12.3. The van der Waals surface area contributed by atoms with Gasteiger partial charge in [-0.05, 0) is 18.2 Å². The summed E-state index contributed by atoms with van der Waals surface area (Å²) < 4.78 is 53.9. The number of nitrogens with one attached hydrogen (secondary N) is 1. The first-order valence-electron chi connectivity index (χ1n) is 6.84. The molecule has 0 bridgehead atoms. The van der Waals surface area contributed by atoms with Gasteiger partial charge in [-0.1, -0.05) is 6.07 Å². The molecule has 0 aliphatic rings. The van der Waals surface area contributed by atoms with Gasteiger partial charge < -0.3 is 5.32 Å². The van der Waals surface area contributed by atoms with Gasteiger partial charge >= 0.3 is 6.18 Å². The molecule has 128 valence electrons. The maximum atomic E-state index is 13.2. The average Bonchev–Trinajstić information content (AvgIpc) is 3.08. The standard InChI is InChI=1S/C15H9F4N5O/c16-9-2-1-3-10(6-9)22-13(25)12-11(15(17,18)19)7-21-14(23-12)24-5-4-20-8-24/h1-8H,(H,22,25). The minimum absolute atomic E-state index is 0.000850. The van der Waals surface area contributed by atoms with Crippen molar-refractivity contribution < 1.29 is 22.4 Å². The number of carbonyl (C=O) groups is 1. The maximum Gasteiger partial charge on any atom is 0.420 e. The molecule has 1 aromatic carbocycles. The maximum absolute atomic E-state index is 13.2. The molecule has 0 unspecified atom stereocenters. The van der Waals surface area contributed by atoms with E-state index < -0.39 is 29.2 Å². The lowest BCUT2D eigenvalue weighted by atomic mass is 10.2. The zero-order chi connectivity index (χ0) is 18.0. The van der Waals surface area contributed by atoms with Crippen molar-refractivity contribution in [1.82, 2.24) is 19.5 Å². The van der Waals surface area contributed by atoms with Gasteiger partial charge in [0.1, 0.15) is 23.4 Å². The predicted octanol–water partition coefficient (Wildman–Crippen LogP) is 3.07. The van der Waals surface area contributed by atoms with E-state index in [0.717, 1.165) is 12.1 Å². The minimum atomic E-state index is -4.83. The van der Waals surface area contributed by atoms with Crippen molar-refractivity contribution >= 4 is 11.6 Å². The number of amides is 1. The first-order valence-corrected chi connectivity index (χ1v) is 6.84. The fourth-order valence-electron chi connectivity index (χ4n) is 2.01. The Labute approximate surface area is 138 Å². The second-order valence-corrected chi connectivity index (χ2v) is 4.86. The molecule has 0 aliphatic carbocycles. The largest absolute Gasteiger partial charge is 0.420 e. The van der Waals surface area contributed by atoms with Crippen LogP contribution in [-0.4, -0.2) is 25.4 Å². The third-order valence-corrected chi connectivity index (χ3v) is 3.11. The van der Waals surface area contributed by atoms with E-state index in [9.17, 15) is 22.4 Å². The lowest BCUT2D eigenvalue weighted by molar-refractivity contribution is -0.138. The second kappa shape index (κ2) is 6.30. The molecule has 25 heavy (non-hydrogen) atoms. The Hall–Kier alpha value is -3.30. The summed E-state index contributed by atoms with van der Waals surface area (Å²) in [6.45, 7) is 0. The van der Waals surface area contributed by atoms with E-state index in [4.69, 9.17) is 0 Å². The zero-order valence-corrected chi connectivity index (χ0v) is 12.3.